The number of aliphatic hydroxyl groups excluding tert-OH is 1. The van der Waals surface area contributed by atoms with Crippen molar-refractivity contribution >= 4 is 20.1 Å². The van der Waals surface area contributed by atoms with E-state index in [1.165, 1.54) is 4.90 Å². The molecule has 3 unspecified atom stereocenters. The second kappa shape index (κ2) is 7.55. The van der Waals surface area contributed by atoms with Crippen LogP contribution in [0.25, 0.3) is 0 Å². The molecule has 28 heavy (non-hydrogen) atoms. The van der Waals surface area contributed by atoms with E-state index in [1.54, 1.807) is 18.7 Å². The first kappa shape index (κ1) is 18.9. The molecule has 3 heterocycles. The summed E-state index contributed by atoms with van der Waals surface area (Å²) in [4.78, 5) is 22.4. The van der Waals surface area contributed by atoms with Gasteiger partial charge in [0.1, 0.15) is 6.04 Å². The molecule has 0 radical (unpaired) electrons. The number of hydrogen-bond donors (Lipinski definition) is 3. The summed E-state index contributed by atoms with van der Waals surface area (Å²) in [5, 5.41) is 24.0. The molecule has 0 aromatic carbocycles. The van der Waals surface area contributed by atoms with Gasteiger partial charge in [0.05, 0.1) is 31.3 Å². The Morgan fingerprint density at radius 1 is 1.54 bits per heavy atom. The molecule has 0 saturated carbocycles. The van der Waals surface area contributed by atoms with Gasteiger partial charge in [0.25, 0.3) is 0 Å². The van der Waals surface area contributed by atoms with E-state index in [1.807, 2.05) is 19.1 Å². The lowest BCUT2D eigenvalue weighted by Gasteiger charge is -2.40. The number of carbonyl (C=O) groups is 1. The highest BCUT2D eigenvalue weighted by Crippen LogP contribution is 2.39. The van der Waals surface area contributed by atoms with Crippen LogP contribution in [0.2, 0.25) is 5.82 Å². The maximum atomic E-state index is 11.4. The van der Waals surface area contributed by atoms with E-state index in [0.29, 0.717) is 32.0 Å². The lowest BCUT2D eigenvalue weighted by atomic mass is 9.70. The van der Waals surface area contributed by atoms with Gasteiger partial charge in [0.2, 0.25) is 12.1 Å². The summed E-state index contributed by atoms with van der Waals surface area (Å²) >= 11 is 0. The van der Waals surface area contributed by atoms with E-state index in [0.717, 1.165) is 17.6 Å². The molecule has 0 aromatic rings. The third kappa shape index (κ3) is 3.28. The van der Waals surface area contributed by atoms with Gasteiger partial charge in [0.15, 0.2) is 12.3 Å². The number of hydroxylamine groups is 4. The summed E-state index contributed by atoms with van der Waals surface area (Å²) < 4.78 is 5.41. The van der Waals surface area contributed by atoms with Crippen LogP contribution in [0.3, 0.4) is 0 Å². The van der Waals surface area contributed by atoms with Crippen molar-refractivity contribution in [3.63, 3.8) is 0 Å². The highest BCUT2D eigenvalue weighted by Gasteiger charge is 2.45. The molecule has 0 aromatic heterocycles. The molecule has 9 nitrogen and oxygen atoms in total. The van der Waals surface area contributed by atoms with Crippen molar-refractivity contribution in [2.75, 3.05) is 26.2 Å². The fraction of sp³-hybridized carbons (Fsp3) is 0.444. The van der Waals surface area contributed by atoms with Gasteiger partial charge < -0.3 is 20.0 Å². The lowest BCUT2D eigenvalue weighted by molar-refractivity contribution is -1.21. The topological polar surface area (TPSA) is 104 Å². The van der Waals surface area contributed by atoms with Gasteiger partial charge in [-0.05, 0) is 24.1 Å². The highest BCUT2D eigenvalue weighted by molar-refractivity contribution is 6.34. The van der Waals surface area contributed by atoms with Gasteiger partial charge in [0, 0.05) is 23.7 Å². The number of amides is 1. The SMILES string of the molecule is CC1=C(O[N@@+]2(O)CC=NC=C2C2CN(C=O)C(CO)CN2)C=CC2=COBC21. The largest absolute Gasteiger partial charge is 0.568 e. The van der Waals surface area contributed by atoms with Crippen LogP contribution >= 0.6 is 0 Å². The summed E-state index contributed by atoms with van der Waals surface area (Å²) in [5.41, 5.74) is 2.59. The Balaban J connectivity index is 1.56. The number of nitrogens with zero attached hydrogens (tertiary/aromatic N) is 3. The monoisotopic (exact) mass is 387 g/mol. The van der Waals surface area contributed by atoms with E-state index in [4.69, 9.17) is 9.49 Å². The van der Waals surface area contributed by atoms with Crippen molar-refractivity contribution in [1.29, 1.82) is 0 Å². The number of nitrogens with one attached hydrogen (secondary N) is 1. The Bertz CT molecular complexity index is 808. The number of hydrogen-bond acceptors (Lipinski definition) is 7. The maximum absolute atomic E-state index is 11.4. The summed E-state index contributed by atoms with van der Waals surface area (Å²) in [5.74, 6) is 0.716. The van der Waals surface area contributed by atoms with Crippen LogP contribution in [0, 0.1) is 0 Å². The van der Waals surface area contributed by atoms with Crippen LogP contribution in [0.15, 0.2) is 52.2 Å². The zero-order chi connectivity index (χ0) is 19.7. The van der Waals surface area contributed by atoms with Crippen LogP contribution < -0.4 is 5.32 Å². The third-order valence-corrected chi connectivity index (χ3v) is 5.68. The minimum Gasteiger partial charge on any atom is -0.568 e. The molecule has 1 saturated heterocycles. The van der Waals surface area contributed by atoms with E-state index >= 15 is 0 Å². The number of carbonyl (C=O) groups excluding carboxylic acids is 1. The van der Waals surface area contributed by atoms with Gasteiger partial charge >= 0.3 is 7.48 Å². The fourth-order valence-corrected chi connectivity index (χ4v) is 3.91. The minimum atomic E-state index is -0.776. The zero-order valence-electron chi connectivity index (χ0n) is 15.7. The van der Waals surface area contributed by atoms with Gasteiger partial charge in [-0.2, -0.15) is 5.21 Å². The lowest BCUT2D eigenvalue weighted by Crippen LogP contribution is -2.62. The highest BCUT2D eigenvalue weighted by atomic mass is 16.9. The van der Waals surface area contributed by atoms with Crippen LogP contribution in [0.4, 0.5) is 0 Å². The second-order valence-corrected chi connectivity index (χ2v) is 7.34. The summed E-state index contributed by atoms with van der Waals surface area (Å²) in [6.07, 6.45) is 9.40. The van der Waals surface area contributed by atoms with Gasteiger partial charge in [-0.25, -0.2) is 0 Å². The Morgan fingerprint density at radius 3 is 3.18 bits per heavy atom. The van der Waals surface area contributed by atoms with Gasteiger partial charge in [-0.3, -0.25) is 14.6 Å². The Morgan fingerprint density at radius 2 is 2.39 bits per heavy atom. The van der Waals surface area contributed by atoms with Crippen LogP contribution in [0.5, 0.6) is 0 Å². The molecule has 0 spiro atoms. The number of piperazine rings is 1. The molecule has 3 aliphatic heterocycles. The number of quaternary nitrogens is 1. The van der Waals surface area contributed by atoms with Gasteiger partial charge in [-0.15, -0.1) is 0 Å². The average molecular weight is 387 g/mol. The first-order valence-electron chi connectivity index (χ1n) is 9.34. The molecule has 4 aliphatic rings. The molecular formula is C18H24BN4O5+. The smallest absolute Gasteiger partial charge is 0.351 e. The molecule has 4 rings (SSSR count). The predicted octanol–water partition coefficient (Wildman–Crippen LogP) is -0.261. The van der Waals surface area contributed by atoms with Crippen molar-refractivity contribution in [3.05, 3.63) is 47.2 Å². The van der Waals surface area contributed by atoms with Crippen molar-refractivity contribution in [1.82, 2.24) is 10.2 Å². The number of aliphatic hydroxyl groups is 1. The standard InChI is InChI=1S/C18H24BN4O5/c1-12-17(3-2-13-10-27-19-18(12)13)28-23(26)5-4-20-7-16(23)15-8-22(11-25)14(9-24)6-21-15/h2-4,7,10-11,14-15,18-19,21,24,26H,5-6,8-9H2,1H3/q+1/t14?,15?,18?,23-/m0/s1. The van der Waals surface area contributed by atoms with Crippen molar-refractivity contribution in [3.8, 4) is 0 Å². The fourth-order valence-electron chi connectivity index (χ4n) is 3.91. The van der Waals surface area contributed by atoms with Crippen LogP contribution in [-0.4, -0.2) is 78.5 Å². The summed E-state index contributed by atoms with van der Waals surface area (Å²) in [6.45, 7) is 2.70. The molecule has 0 bridgehead atoms. The van der Waals surface area contributed by atoms with E-state index < -0.39 is 4.81 Å². The predicted molar refractivity (Wildman–Crippen MR) is 102 cm³/mol. The second-order valence-electron chi connectivity index (χ2n) is 7.34. The molecular weight excluding hydrogens is 363 g/mol. The van der Waals surface area contributed by atoms with Crippen molar-refractivity contribution in [2.45, 2.75) is 24.8 Å². The third-order valence-electron chi connectivity index (χ3n) is 5.68. The molecule has 4 atom stereocenters. The quantitative estimate of drug-likeness (QED) is 0.341. The molecule has 148 valence electrons. The Kier molecular flexibility index (Phi) is 5.11. The molecule has 10 heteroatoms. The Hall–Kier alpha value is -2.40. The minimum absolute atomic E-state index is 0.124. The van der Waals surface area contributed by atoms with Crippen LogP contribution in [0.1, 0.15) is 6.92 Å². The first-order valence-corrected chi connectivity index (χ1v) is 9.34. The molecule has 1 amide bonds. The van der Waals surface area contributed by atoms with E-state index in [-0.39, 0.29) is 31.1 Å². The number of rotatable bonds is 5. The molecule has 1 fully saturated rings. The summed E-state index contributed by atoms with van der Waals surface area (Å²) in [6, 6.07) is -0.643. The van der Waals surface area contributed by atoms with E-state index in [2.05, 4.69) is 10.3 Å². The number of fused-ring (bicyclic) bond motifs is 1. The number of allylic oxidation sites excluding steroid dienone is 4. The number of aliphatic imine (C=N–C) groups is 1. The van der Waals surface area contributed by atoms with Gasteiger partial charge in [-0.1, -0.05) is 6.08 Å². The average Bonchev–Trinajstić information content (AvgIpc) is 3.19. The maximum Gasteiger partial charge on any atom is 0.351 e. The normalized spacial score (nSPS) is 34.2. The Labute approximate surface area is 163 Å². The van der Waals surface area contributed by atoms with E-state index in [9.17, 15) is 15.1 Å². The van der Waals surface area contributed by atoms with Crippen LogP contribution in [-0.2, 0) is 14.3 Å². The van der Waals surface area contributed by atoms with Crippen molar-refractivity contribution in [2.24, 2.45) is 4.99 Å². The first-order chi connectivity index (χ1) is 13.6. The van der Waals surface area contributed by atoms with Crippen molar-refractivity contribution < 1.29 is 29.4 Å². The molecule has 3 N–H and O–H groups in total. The molecule has 1 aliphatic carbocycles. The summed E-state index contributed by atoms with van der Waals surface area (Å²) in [7, 11) is 0.564. The zero-order valence-corrected chi connectivity index (χ0v) is 15.7.